The fourth-order valence-corrected chi connectivity index (χ4v) is 2.18. The first-order chi connectivity index (χ1) is 10.2. The highest BCUT2D eigenvalue weighted by Crippen LogP contribution is 2.18. The summed E-state index contributed by atoms with van der Waals surface area (Å²) >= 11 is 0. The largest absolute Gasteiger partial charge is 0.475 e. The predicted octanol–water partition coefficient (Wildman–Crippen LogP) is 0.832. The molecule has 7 nitrogen and oxygen atoms in total. The molecule has 1 unspecified atom stereocenters. The molecule has 0 bridgehead atoms. The molecule has 1 atom stereocenters. The van der Waals surface area contributed by atoms with Crippen LogP contribution in [-0.4, -0.2) is 39.4 Å². The average Bonchev–Trinajstić information content (AvgIpc) is 3.14. The van der Waals surface area contributed by atoms with Crippen LogP contribution in [0.3, 0.4) is 0 Å². The summed E-state index contributed by atoms with van der Waals surface area (Å²) in [4.78, 5) is 15.5. The number of nitrogens with zero attached hydrogens (tertiary/aromatic N) is 3. The van der Waals surface area contributed by atoms with Gasteiger partial charge in [0.1, 0.15) is 6.61 Å². The van der Waals surface area contributed by atoms with E-state index >= 15 is 0 Å². The summed E-state index contributed by atoms with van der Waals surface area (Å²) in [7, 11) is 0. The lowest BCUT2D eigenvalue weighted by atomic mass is 10.2. The minimum atomic E-state index is -0.732. The molecule has 2 heterocycles. The Labute approximate surface area is 120 Å². The summed E-state index contributed by atoms with van der Waals surface area (Å²) in [6.07, 6.45) is 1.65. The third-order valence-electron chi connectivity index (χ3n) is 3.30. The number of aliphatic imine (C=N–C) groups is 1. The van der Waals surface area contributed by atoms with Gasteiger partial charge in [-0.3, -0.25) is 10.0 Å². The minimum absolute atomic E-state index is 0.109. The number of aromatic nitrogens is 2. The quantitative estimate of drug-likeness (QED) is 0.646. The van der Waals surface area contributed by atoms with Crippen LogP contribution in [0.25, 0.3) is 5.69 Å². The summed E-state index contributed by atoms with van der Waals surface area (Å²) < 4.78 is 7.21. The number of amides is 1. The van der Waals surface area contributed by atoms with Crippen LogP contribution in [0.1, 0.15) is 11.3 Å². The number of benzene rings is 1. The molecule has 1 aliphatic heterocycles. The molecular formula is C14H14N4O3. The van der Waals surface area contributed by atoms with Gasteiger partial charge < -0.3 is 4.74 Å². The molecule has 1 aliphatic rings. The van der Waals surface area contributed by atoms with Gasteiger partial charge in [-0.05, 0) is 19.1 Å². The summed E-state index contributed by atoms with van der Waals surface area (Å²) in [6.45, 7) is 2.01. The van der Waals surface area contributed by atoms with Gasteiger partial charge >= 0.3 is 0 Å². The van der Waals surface area contributed by atoms with E-state index in [0.29, 0.717) is 5.90 Å². The van der Waals surface area contributed by atoms with Crippen molar-refractivity contribution in [1.29, 1.82) is 0 Å². The zero-order valence-corrected chi connectivity index (χ0v) is 11.4. The molecule has 1 aromatic carbocycles. The lowest BCUT2D eigenvalue weighted by molar-refractivity contribution is -0.130. The first-order valence-electron chi connectivity index (χ1n) is 6.45. The van der Waals surface area contributed by atoms with Crippen LogP contribution in [0.15, 0.2) is 41.5 Å². The highest BCUT2D eigenvalue weighted by atomic mass is 16.5. The van der Waals surface area contributed by atoms with Gasteiger partial charge in [-0.1, -0.05) is 18.2 Å². The zero-order valence-electron chi connectivity index (χ0n) is 11.4. The molecule has 1 amide bonds. The van der Waals surface area contributed by atoms with E-state index in [-0.39, 0.29) is 6.61 Å². The summed E-state index contributed by atoms with van der Waals surface area (Å²) in [5.74, 6) is -0.221. The number of carbonyl (C=O) groups is 1. The van der Waals surface area contributed by atoms with Gasteiger partial charge in [0.05, 0.1) is 23.1 Å². The second-order valence-corrected chi connectivity index (χ2v) is 4.63. The molecular weight excluding hydrogens is 272 g/mol. The van der Waals surface area contributed by atoms with Crippen LogP contribution in [0, 0.1) is 6.92 Å². The maximum atomic E-state index is 11.3. The topological polar surface area (TPSA) is 88.7 Å². The minimum Gasteiger partial charge on any atom is -0.475 e. The summed E-state index contributed by atoms with van der Waals surface area (Å²) in [5, 5.41) is 12.9. The molecule has 2 aromatic rings. The maximum Gasteiger partial charge on any atom is 0.271 e. The second-order valence-electron chi connectivity index (χ2n) is 4.63. The lowest BCUT2D eigenvalue weighted by Gasteiger charge is -2.05. The van der Waals surface area contributed by atoms with Crippen molar-refractivity contribution in [3.8, 4) is 5.69 Å². The second kappa shape index (κ2) is 5.37. The smallest absolute Gasteiger partial charge is 0.271 e. The Kier molecular flexibility index (Phi) is 3.41. The number of nitrogens with one attached hydrogen (secondary N) is 1. The normalized spacial score (nSPS) is 17.2. The standard InChI is InChI=1S/C14H14N4O3/c1-9-11(14-16-12(8-21-14)13(19)17-20)7-15-18(9)10-5-3-2-4-6-10/h2-7,12,20H,8H2,1H3,(H,17,19). The molecule has 0 fully saturated rings. The monoisotopic (exact) mass is 286 g/mol. The summed E-state index contributed by atoms with van der Waals surface area (Å²) in [5.41, 5.74) is 4.11. The molecule has 0 aliphatic carbocycles. The predicted molar refractivity (Wildman–Crippen MR) is 74.5 cm³/mol. The Balaban J connectivity index is 1.92. The Bertz CT molecular complexity index is 693. The van der Waals surface area contributed by atoms with Crippen molar-refractivity contribution in [3.63, 3.8) is 0 Å². The van der Waals surface area contributed by atoms with Gasteiger partial charge in [0, 0.05) is 0 Å². The number of hydrogen-bond acceptors (Lipinski definition) is 5. The number of carbonyl (C=O) groups excluding carboxylic acids is 1. The molecule has 1 aromatic heterocycles. The fourth-order valence-electron chi connectivity index (χ4n) is 2.18. The summed E-state index contributed by atoms with van der Waals surface area (Å²) in [6, 6.07) is 8.96. The van der Waals surface area contributed by atoms with E-state index in [1.54, 1.807) is 16.4 Å². The first kappa shape index (κ1) is 13.3. The molecule has 0 spiro atoms. The van der Waals surface area contributed by atoms with Gasteiger partial charge in [-0.15, -0.1) is 0 Å². The van der Waals surface area contributed by atoms with Crippen molar-refractivity contribution in [2.24, 2.45) is 4.99 Å². The van der Waals surface area contributed by atoms with Crippen LogP contribution in [0.2, 0.25) is 0 Å². The molecule has 0 radical (unpaired) electrons. The lowest BCUT2D eigenvalue weighted by Crippen LogP contribution is -2.31. The molecule has 7 heteroatoms. The van der Waals surface area contributed by atoms with E-state index in [1.807, 2.05) is 37.3 Å². The van der Waals surface area contributed by atoms with Crippen LogP contribution >= 0.6 is 0 Å². The van der Waals surface area contributed by atoms with Gasteiger partial charge in [-0.25, -0.2) is 15.2 Å². The van der Waals surface area contributed by atoms with Crippen LogP contribution in [-0.2, 0) is 9.53 Å². The average molecular weight is 286 g/mol. The molecule has 3 rings (SSSR count). The van der Waals surface area contributed by atoms with Gasteiger partial charge in [0.15, 0.2) is 6.04 Å². The van der Waals surface area contributed by atoms with E-state index in [1.165, 1.54) is 0 Å². The third-order valence-corrected chi connectivity index (χ3v) is 3.30. The van der Waals surface area contributed by atoms with Gasteiger partial charge in [0.2, 0.25) is 5.90 Å². The van der Waals surface area contributed by atoms with Crippen molar-refractivity contribution in [2.75, 3.05) is 6.61 Å². The van der Waals surface area contributed by atoms with E-state index < -0.39 is 11.9 Å². The molecule has 21 heavy (non-hydrogen) atoms. The first-order valence-corrected chi connectivity index (χ1v) is 6.45. The Morgan fingerprint density at radius 2 is 2.19 bits per heavy atom. The van der Waals surface area contributed by atoms with Crippen LogP contribution in [0.4, 0.5) is 0 Å². The number of hydroxylamine groups is 1. The Morgan fingerprint density at radius 3 is 2.90 bits per heavy atom. The van der Waals surface area contributed by atoms with Crippen LogP contribution in [0.5, 0.6) is 0 Å². The Morgan fingerprint density at radius 1 is 1.43 bits per heavy atom. The van der Waals surface area contributed by atoms with E-state index in [0.717, 1.165) is 16.9 Å². The Hall–Kier alpha value is -2.67. The van der Waals surface area contributed by atoms with E-state index in [4.69, 9.17) is 9.94 Å². The van der Waals surface area contributed by atoms with E-state index in [9.17, 15) is 4.79 Å². The number of hydrogen-bond donors (Lipinski definition) is 2. The molecule has 0 saturated heterocycles. The van der Waals surface area contributed by atoms with Crippen LogP contribution < -0.4 is 5.48 Å². The van der Waals surface area contributed by atoms with Gasteiger partial charge in [0.25, 0.3) is 5.91 Å². The fraction of sp³-hybridized carbons (Fsp3) is 0.214. The van der Waals surface area contributed by atoms with Crippen molar-refractivity contribution in [3.05, 3.63) is 47.8 Å². The highest BCUT2D eigenvalue weighted by molar-refractivity contribution is 5.98. The third kappa shape index (κ3) is 2.38. The number of rotatable bonds is 3. The van der Waals surface area contributed by atoms with Crippen molar-refractivity contribution >= 4 is 11.8 Å². The number of para-hydroxylation sites is 1. The maximum absolute atomic E-state index is 11.3. The van der Waals surface area contributed by atoms with E-state index in [2.05, 4.69) is 10.1 Å². The van der Waals surface area contributed by atoms with Crippen molar-refractivity contribution in [2.45, 2.75) is 13.0 Å². The zero-order chi connectivity index (χ0) is 14.8. The van der Waals surface area contributed by atoms with Crippen molar-refractivity contribution in [1.82, 2.24) is 15.3 Å². The molecule has 0 saturated carbocycles. The SMILES string of the molecule is Cc1c(C2=NC(C(=O)NO)CO2)cnn1-c1ccccc1. The van der Waals surface area contributed by atoms with Crippen molar-refractivity contribution < 1.29 is 14.7 Å². The number of ether oxygens (including phenoxy) is 1. The molecule has 2 N–H and O–H groups in total. The van der Waals surface area contributed by atoms with Gasteiger partial charge in [-0.2, -0.15) is 5.10 Å². The molecule has 108 valence electrons. The highest BCUT2D eigenvalue weighted by Gasteiger charge is 2.28.